The number of hydrogen-bond donors (Lipinski definition) is 1. The molecule has 0 fully saturated rings. The van der Waals surface area contributed by atoms with Crippen molar-refractivity contribution in [2.45, 2.75) is 32.6 Å². The van der Waals surface area contributed by atoms with Gasteiger partial charge in [0.2, 0.25) is 0 Å². The van der Waals surface area contributed by atoms with Crippen molar-refractivity contribution in [3.05, 3.63) is 0 Å². The van der Waals surface area contributed by atoms with E-state index in [0.29, 0.717) is 39.1 Å². The predicted octanol–water partition coefficient (Wildman–Crippen LogP) is 1.50. The second kappa shape index (κ2) is 10.2. The number of carboxylic acids is 1. The number of Topliss-reactive ketones (excluding diaryl/α,β-unsaturated/α-hetero) is 1. The molecule has 0 aromatic carbocycles. The van der Waals surface area contributed by atoms with E-state index < -0.39 is 5.97 Å². The third kappa shape index (κ3) is 9.96. The molecule has 0 rings (SSSR count). The number of ether oxygens (including phenoxy) is 2. The van der Waals surface area contributed by atoms with Crippen molar-refractivity contribution in [1.29, 1.82) is 0 Å². The number of rotatable bonds is 11. The summed E-state index contributed by atoms with van der Waals surface area (Å²) in [6, 6.07) is 0. The third-order valence-corrected chi connectivity index (χ3v) is 2.48. The van der Waals surface area contributed by atoms with Crippen molar-refractivity contribution in [1.82, 2.24) is 0 Å². The van der Waals surface area contributed by atoms with Gasteiger partial charge in [0.05, 0.1) is 13.2 Å². The van der Waals surface area contributed by atoms with Crippen LogP contribution < -0.4 is 0 Å². The fourth-order valence-corrected chi connectivity index (χ4v) is 1.34. The van der Waals surface area contributed by atoms with E-state index in [1.54, 1.807) is 14.0 Å². The lowest BCUT2D eigenvalue weighted by molar-refractivity contribution is -0.137. The van der Waals surface area contributed by atoms with Gasteiger partial charge in [0.25, 0.3) is 0 Å². The van der Waals surface area contributed by atoms with Crippen LogP contribution in [-0.2, 0) is 19.1 Å². The maximum Gasteiger partial charge on any atom is 0.303 e. The first-order valence-electron chi connectivity index (χ1n) is 5.89. The minimum absolute atomic E-state index is 0.0528. The van der Waals surface area contributed by atoms with Crippen molar-refractivity contribution in [3.63, 3.8) is 0 Å². The smallest absolute Gasteiger partial charge is 0.303 e. The van der Waals surface area contributed by atoms with E-state index in [9.17, 15) is 9.59 Å². The van der Waals surface area contributed by atoms with Crippen LogP contribution in [0.1, 0.15) is 32.6 Å². The maximum atomic E-state index is 11.6. The van der Waals surface area contributed by atoms with Gasteiger partial charge in [-0.2, -0.15) is 0 Å². The molecule has 0 aliphatic rings. The van der Waals surface area contributed by atoms with Gasteiger partial charge in [-0.15, -0.1) is 0 Å². The molecule has 5 nitrogen and oxygen atoms in total. The summed E-state index contributed by atoms with van der Waals surface area (Å²) < 4.78 is 10.0. The molecule has 0 bridgehead atoms. The Labute approximate surface area is 102 Å². The highest BCUT2D eigenvalue weighted by Crippen LogP contribution is 2.10. The van der Waals surface area contributed by atoms with Crippen LogP contribution in [0, 0.1) is 5.92 Å². The van der Waals surface area contributed by atoms with Crippen molar-refractivity contribution in [2.24, 2.45) is 5.92 Å². The van der Waals surface area contributed by atoms with Crippen LogP contribution in [-0.4, -0.2) is 43.8 Å². The van der Waals surface area contributed by atoms with Crippen molar-refractivity contribution >= 4 is 11.8 Å². The number of hydrogen-bond acceptors (Lipinski definition) is 4. The minimum atomic E-state index is -0.854. The molecule has 0 spiro atoms. The Hall–Kier alpha value is -0.940. The number of aliphatic carboxylic acids is 1. The molecule has 0 aliphatic carbocycles. The minimum Gasteiger partial charge on any atom is -0.481 e. The molecule has 0 saturated heterocycles. The number of carbonyl (C=O) groups is 2. The molecular formula is C12H22O5. The van der Waals surface area contributed by atoms with Crippen LogP contribution in [0.5, 0.6) is 0 Å². The first-order valence-corrected chi connectivity index (χ1v) is 5.89. The summed E-state index contributed by atoms with van der Waals surface area (Å²) in [5.41, 5.74) is 0. The lowest BCUT2D eigenvalue weighted by atomic mass is 9.97. The molecule has 0 aromatic rings. The van der Waals surface area contributed by atoms with Gasteiger partial charge in [-0.3, -0.25) is 9.59 Å². The molecule has 100 valence electrons. The van der Waals surface area contributed by atoms with Gasteiger partial charge in [0.15, 0.2) is 0 Å². The second-order valence-corrected chi connectivity index (χ2v) is 4.01. The Morgan fingerprint density at radius 1 is 1.18 bits per heavy atom. The summed E-state index contributed by atoms with van der Waals surface area (Å²) in [6.45, 7) is 3.42. The zero-order chi connectivity index (χ0) is 13.1. The van der Waals surface area contributed by atoms with E-state index in [-0.39, 0.29) is 18.1 Å². The summed E-state index contributed by atoms with van der Waals surface area (Å²) in [6.07, 6.45) is 1.60. The average Bonchev–Trinajstić information content (AvgIpc) is 2.30. The Morgan fingerprint density at radius 2 is 1.88 bits per heavy atom. The molecule has 0 aromatic heterocycles. The van der Waals surface area contributed by atoms with E-state index in [1.807, 2.05) is 0 Å². The lowest BCUT2D eigenvalue weighted by Crippen LogP contribution is -2.13. The van der Waals surface area contributed by atoms with E-state index >= 15 is 0 Å². The highest BCUT2D eigenvalue weighted by Gasteiger charge is 2.13. The van der Waals surface area contributed by atoms with Crippen LogP contribution in [0.15, 0.2) is 0 Å². The average molecular weight is 246 g/mol. The second-order valence-electron chi connectivity index (χ2n) is 4.01. The largest absolute Gasteiger partial charge is 0.481 e. The molecule has 0 heterocycles. The summed E-state index contributed by atoms with van der Waals surface area (Å²) in [5, 5.41) is 8.50. The zero-order valence-corrected chi connectivity index (χ0v) is 10.6. The topological polar surface area (TPSA) is 72.8 Å². The molecule has 17 heavy (non-hydrogen) atoms. The van der Waals surface area contributed by atoms with E-state index in [4.69, 9.17) is 14.6 Å². The van der Waals surface area contributed by atoms with Gasteiger partial charge in [0.1, 0.15) is 5.78 Å². The van der Waals surface area contributed by atoms with Gasteiger partial charge >= 0.3 is 5.97 Å². The summed E-state index contributed by atoms with van der Waals surface area (Å²) in [4.78, 5) is 21.9. The summed E-state index contributed by atoms with van der Waals surface area (Å²) in [7, 11) is 1.61. The fraction of sp³-hybridized carbons (Fsp3) is 0.833. The van der Waals surface area contributed by atoms with Crippen molar-refractivity contribution in [3.8, 4) is 0 Å². The van der Waals surface area contributed by atoms with E-state index in [0.717, 1.165) is 0 Å². The standard InChI is InChI=1S/C12H22O5/c1-10(5-6-12(14)15)11(13)4-3-7-17-9-8-16-2/h10H,3-9H2,1-2H3,(H,14,15). The zero-order valence-electron chi connectivity index (χ0n) is 10.6. The first-order chi connectivity index (χ1) is 8.07. The van der Waals surface area contributed by atoms with E-state index in [1.165, 1.54) is 0 Å². The quantitative estimate of drug-likeness (QED) is 0.559. The lowest BCUT2D eigenvalue weighted by Gasteiger charge is -2.08. The van der Waals surface area contributed by atoms with E-state index in [2.05, 4.69) is 0 Å². The van der Waals surface area contributed by atoms with Crippen LogP contribution >= 0.6 is 0 Å². The van der Waals surface area contributed by atoms with Crippen LogP contribution in [0.4, 0.5) is 0 Å². The molecule has 0 radical (unpaired) electrons. The highest BCUT2D eigenvalue weighted by molar-refractivity contribution is 5.81. The molecular weight excluding hydrogens is 224 g/mol. The molecule has 0 aliphatic heterocycles. The summed E-state index contributed by atoms with van der Waals surface area (Å²) in [5.74, 6) is -0.917. The summed E-state index contributed by atoms with van der Waals surface area (Å²) >= 11 is 0. The maximum absolute atomic E-state index is 11.6. The van der Waals surface area contributed by atoms with Gasteiger partial charge in [0, 0.05) is 32.5 Å². The molecule has 1 unspecified atom stereocenters. The van der Waals surface area contributed by atoms with Crippen LogP contribution in [0.3, 0.4) is 0 Å². The Kier molecular flexibility index (Phi) is 9.66. The fourth-order valence-electron chi connectivity index (χ4n) is 1.34. The van der Waals surface area contributed by atoms with Crippen molar-refractivity contribution < 1.29 is 24.2 Å². The Bertz CT molecular complexity index is 227. The first kappa shape index (κ1) is 16.1. The Balaban J connectivity index is 3.47. The Morgan fingerprint density at radius 3 is 2.47 bits per heavy atom. The number of carboxylic acid groups (broad SMARTS) is 1. The third-order valence-electron chi connectivity index (χ3n) is 2.48. The number of methoxy groups -OCH3 is 1. The van der Waals surface area contributed by atoms with Gasteiger partial charge in [-0.05, 0) is 12.8 Å². The van der Waals surface area contributed by atoms with Gasteiger partial charge in [-0.1, -0.05) is 6.92 Å². The number of carbonyl (C=O) groups excluding carboxylic acids is 1. The number of ketones is 1. The van der Waals surface area contributed by atoms with Crippen LogP contribution in [0.2, 0.25) is 0 Å². The molecule has 0 saturated carbocycles. The normalized spacial score (nSPS) is 12.4. The van der Waals surface area contributed by atoms with Crippen molar-refractivity contribution in [2.75, 3.05) is 26.9 Å². The molecule has 1 N–H and O–H groups in total. The van der Waals surface area contributed by atoms with Crippen LogP contribution in [0.25, 0.3) is 0 Å². The molecule has 5 heteroatoms. The SMILES string of the molecule is COCCOCCCC(=O)C(C)CCC(=O)O. The molecule has 1 atom stereocenters. The predicted molar refractivity (Wildman–Crippen MR) is 63.0 cm³/mol. The van der Waals surface area contributed by atoms with Gasteiger partial charge in [-0.25, -0.2) is 0 Å². The highest BCUT2D eigenvalue weighted by atomic mass is 16.5. The monoisotopic (exact) mass is 246 g/mol. The van der Waals surface area contributed by atoms with Gasteiger partial charge < -0.3 is 14.6 Å². The molecule has 0 amide bonds.